The van der Waals surface area contributed by atoms with Crippen LogP contribution in [0, 0.1) is 11.8 Å². The minimum absolute atomic E-state index is 0.00260. The monoisotopic (exact) mass is 351 g/mol. The zero-order chi connectivity index (χ0) is 18.3. The van der Waals surface area contributed by atoms with Crippen LogP contribution in [0.4, 0.5) is 5.95 Å². The van der Waals surface area contributed by atoms with Gasteiger partial charge in [-0.25, -0.2) is 4.98 Å². The van der Waals surface area contributed by atoms with Crippen molar-refractivity contribution in [2.75, 3.05) is 11.9 Å². The molecule has 1 fully saturated rings. The Labute approximate surface area is 142 Å². The summed E-state index contributed by atoms with van der Waals surface area (Å²) < 4.78 is 7.11. The van der Waals surface area contributed by atoms with Crippen LogP contribution in [0.2, 0.25) is 0 Å². The maximum absolute atomic E-state index is 12.2. The average Bonchev–Trinajstić information content (AvgIpc) is 3.10. The molecule has 1 aliphatic rings. The number of hydrogen-bond donors (Lipinski definition) is 4. The number of amides is 1. The molecule has 0 spiro atoms. The molecular weight excluding hydrogens is 330 g/mol. The average molecular weight is 351 g/mol. The van der Waals surface area contributed by atoms with Gasteiger partial charge < -0.3 is 14.9 Å². The molecule has 0 bridgehead atoms. The molecule has 0 aliphatic carbocycles. The second-order valence-electron chi connectivity index (χ2n) is 6.48. The lowest BCUT2D eigenvalue weighted by molar-refractivity contribution is -0.118. The van der Waals surface area contributed by atoms with E-state index in [1.807, 2.05) is 0 Å². The molecule has 1 amide bonds. The standard InChI is InChI=1S/C15H21N5O5/c1-6(2)12(23)18-15-17-11-9(13(24)19-15)16-5-20(11)14-10(22)7(3)8(4-21)25-14/h5-8,10,14,21-22H,4H2,1-3H3,(H2,17,18,19,23,24)/t7-,8-,10-,14-/m1/s1. The van der Waals surface area contributed by atoms with E-state index < -0.39 is 24.0 Å². The molecule has 4 atom stereocenters. The molecule has 3 rings (SSSR count). The molecule has 136 valence electrons. The summed E-state index contributed by atoms with van der Waals surface area (Å²) in [6.07, 6.45) is -0.912. The lowest BCUT2D eigenvalue weighted by Gasteiger charge is -2.17. The summed E-state index contributed by atoms with van der Waals surface area (Å²) in [7, 11) is 0. The van der Waals surface area contributed by atoms with Gasteiger partial charge in [-0.1, -0.05) is 20.8 Å². The van der Waals surface area contributed by atoms with Crippen molar-refractivity contribution in [1.29, 1.82) is 0 Å². The Morgan fingerprint density at radius 3 is 2.84 bits per heavy atom. The predicted octanol–water partition coefficient (Wildman–Crippen LogP) is -0.399. The Morgan fingerprint density at radius 1 is 1.52 bits per heavy atom. The Hall–Kier alpha value is -2.30. The maximum Gasteiger partial charge on any atom is 0.280 e. The molecule has 10 heteroatoms. The summed E-state index contributed by atoms with van der Waals surface area (Å²) in [5.41, 5.74) is -0.266. The number of anilines is 1. The first kappa shape index (κ1) is 17.5. The van der Waals surface area contributed by atoms with E-state index in [1.54, 1.807) is 20.8 Å². The van der Waals surface area contributed by atoms with Crippen LogP contribution >= 0.6 is 0 Å². The number of carbonyl (C=O) groups is 1. The molecule has 10 nitrogen and oxygen atoms in total. The minimum Gasteiger partial charge on any atom is -0.394 e. The summed E-state index contributed by atoms with van der Waals surface area (Å²) in [5.74, 6) is -0.872. The lowest BCUT2D eigenvalue weighted by atomic mass is 10.0. The number of carbonyl (C=O) groups excluding carboxylic acids is 1. The molecule has 4 N–H and O–H groups in total. The third-order valence-corrected chi connectivity index (χ3v) is 4.38. The number of H-pyrrole nitrogens is 1. The highest BCUT2D eigenvalue weighted by atomic mass is 16.5. The van der Waals surface area contributed by atoms with E-state index >= 15 is 0 Å². The van der Waals surface area contributed by atoms with Crippen molar-refractivity contribution in [3.05, 3.63) is 16.7 Å². The molecule has 1 aliphatic heterocycles. The molecule has 0 saturated carbocycles. The Morgan fingerprint density at radius 2 is 2.24 bits per heavy atom. The van der Waals surface area contributed by atoms with Crippen molar-refractivity contribution in [2.45, 2.75) is 39.2 Å². The van der Waals surface area contributed by atoms with Crippen molar-refractivity contribution >= 4 is 23.0 Å². The number of rotatable bonds is 4. The molecule has 0 aromatic carbocycles. The van der Waals surface area contributed by atoms with E-state index in [1.165, 1.54) is 10.9 Å². The number of ether oxygens (including phenoxy) is 1. The number of aliphatic hydroxyl groups is 2. The molecule has 0 unspecified atom stereocenters. The van der Waals surface area contributed by atoms with Crippen LogP contribution in [0.3, 0.4) is 0 Å². The maximum atomic E-state index is 12.2. The Balaban J connectivity index is 2.01. The number of aliphatic hydroxyl groups excluding tert-OH is 2. The number of nitrogens with zero attached hydrogens (tertiary/aromatic N) is 3. The van der Waals surface area contributed by atoms with Gasteiger partial charge in [0.1, 0.15) is 6.10 Å². The van der Waals surface area contributed by atoms with Gasteiger partial charge in [0.2, 0.25) is 11.9 Å². The van der Waals surface area contributed by atoms with Gasteiger partial charge in [-0.3, -0.25) is 24.5 Å². The van der Waals surface area contributed by atoms with Crippen LogP contribution < -0.4 is 10.9 Å². The van der Waals surface area contributed by atoms with Crippen molar-refractivity contribution in [3.8, 4) is 0 Å². The second-order valence-corrected chi connectivity index (χ2v) is 6.48. The summed E-state index contributed by atoms with van der Waals surface area (Å²) in [6, 6.07) is 0. The van der Waals surface area contributed by atoms with E-state index in [0.29, 0.717) is 0 Å². The van der Waals surface area contributed by atoms with Gasteiger partial charge in [0.25, 0.3) is 5.56 Å². The fraction of sp³-hybridized carbons (Fsp3) is 0.600. The van der Waals surface area contributed by atoms with Gasteiger partial charge in [0.15, 0.2) is 17.4 Å². The Kier molecular flexibility index (Phi) is 4.58. The minimum atomic E-state index is -0.899. The van der Waals surface area contributed by atoms with Gasteiger partial charge in [-0.15, -0.1) is 0 Å². The largest absolute Gasteiger partial charge is 0.394 e. The topological polar surface area (TPSA) is 142 Å². The van der Waals surface area contributed by atoms with Crippen molar-refractivity contribution < 1.29 is 19.7 Å². The SMILES string of the molecule is CC(C)C(=O)Nc1nc2c(ncn2[C@@H]2O[C@H](CO)[C@@H](C)[C@H]2O)c(=O)[nH]1. The summed E-state index contributed by atoms with van der Waals surface area (Å²) in [5, 5.41) is 22.3. The first-order chi connectivity index (χ1) is 11.8. The van der Waals surface area contributed by atoms with Gasteiger partial charge in [-0.2, -0.15) is 4.98 Å². The van der Waals surface area contributed by atoms with Crippen LogP contribution in [0.25, 0.3) is 11.2 Å². The number of imidazole rings is 1. The van der Waals surface area contributed by atoms with Crippen molar-refractivity contribution in [3.63, 3.8) is 0 Å². The highest BCUT2D eigenvalue weighted by molar-refractivity contribution is 5.91. The zero-order valence-corrected chi connectivity index (χ0v) is 14.1. The summed E-state index contributed by atoms with van der Waals surface area (Å²) in [4.78, 5) is 34.7. The molecule has 1 saturated heterocycles. The fourth-order valence-corrected chi connectivity index (χ4v) is 2.74. The molecular formula is C15H21N5O5. The molecule has 3 heterocycles. The van der Waals surface area contributed by atoms with Crippen LogP contribution in [-0.2, 0) is 9.53 Å². The summed E-state index contributed by atoms with van der Waals surface area (Å²) >= 11 is 0. The van der Waals surface area contributed by atoms with Crippen LogP contribution in [0.15, 0.2) is 11.1 Å². The fourth-order valence-electron chi connectivity index (χ4n) is 2.74. The first-order valence-electron chi connectivity index (χ1n) is 8.05. The van der Waals surface area contributed by atoms with Crippen molar-refractivity contribution in [2.24, 2.45) is 11.8 Å². The predicted molar refractivity (Wildman–Crippen MR) is 87.8 cm³/mol. The van der Waals surface area contributed by atoms with Crippen molar-refractivity contribution in [1.82, 2.24) is 19.5 Å². The Bertz CT molecular complexity index is 844. The van der Waals surface area contributed by atoms with E-state index in [0.717, 1.165) is 0 Å². The van der Waals surface area contributed by atoms with Gasteiger partial charge in [-0.05, 0) is 0 Å². The van der Waals surface area contributed by atoms with E-state index in [2.05, 4.69) is 20.3 Å². The van der Waals surface area contributed by atoms with E-state index in [9.17, 15) is 19.8 Å². The van der Waals surface area contributed by atoms with Gasteiger partial charge >= 0.3 is 0 Å². The number of aromatic nitrogens is 4. The zero-order valence-electron chi connectivity index (χ0n) is 14.1. The molecule has 25 heavy (non-hydrogen) atoms. The molecule has 2 aromatic rings. The third kappa shape index (κ3) is 3.03. The highest BCUT2D eigenvalue weighted by Crippen LogP contribution is 2.34. The third-order valence-electron chi connectivity index (χ3n) is 4.38. The van der Waals surface area contributed by atoms with E-state index in [-0.39, 0.29) is 41.5 Å². The van der Waals surface area contributed by atoms with Crippen LogP contribution in [-0.4, -0.2) is 54.5 Å². The molecule has 2 aromatic heterocycles. The number of nitrogens with one attached hydrogen (secondary N) is 2. The number of aromatic amines is 1. The van der Waals surface area contributed by atoms with Crippen LogP contribution in [0.5, 0.6) is 0 Å². The quantitative estimate of drug-likeness (QED) is 0.587. The number of fused-ring (bicyclic) bond motifs is 1. The lowest BCUT2D eigenvalue weighted by Crippen LogP contribution is -2.26. The van der Waals surface area contributed by atoms with Gasteiger partial charge in [0.05, 0.1) is 19.0 Å². The number of hydrogen-bond acceptors (Lipinski definition) is 7. The smallest absolute Gasteiger partial charge is 0.280 e. The normalized spacial score (nSPS) is 26.5. The van der Waals surface area contributed by atoms with E-state index in [4.69, 9.17) is 4.74 Å². The second kappa shape index (κ2) is 6.54. The van der Waals surface area contributed by atoms with Gasteiger partial charge in [0, 0.05) is 11.8 Å². The molecule has 0 radical (unpaired) electrons. The summed E-state index contributed by atoms with van der Waals surface area (Å²) in [6.45, 7) is 4.97. The first-order valence-corrected chi connectivity index (χ1v) is 8.05. The highest BCUT2D eigenvalue weighted by Gasteiger charge is 2.42. The van der Waals surface area contributed by atoms with Crippen LogP contribution in [0.1, 0.15) is 27.0 Å².